The summed E-state index contributed by atoms with van der Waals surface area (Å²) in [6.45, 7) is 3.06. The lowest BCUT2D eigenvalue weighted by Gasteiger charge is -2.05. The molecule has 0 saturated carbocycles. The van der Waals surface area contributed by atoms with Gasteiger partial charge in [-0.1, -0.05) is 61.5 Å². The van der Waals surface area contributed by atoms with Gasteiger partial charge in [-0.05, 0) is 17.5 Å². The molecule has 0 atom stereocenters. The second-order valence-corrected chi connectivity index (χ2v) is 5.36. The van der Waals surface area contributed by atoms with Crippen LogP contribution in [0.25, 0.3) is 22.4 Å². The van der Waals surface area contributed by atoms with Gasteiger partial charge in [-0.15, -0.1) is 0 Å². The summed E-state index contributed by atoms with van der Waals surface area (Å²) in [5, 5.41) is 3.32. The van der Waals surface area contributed by atoms with Crippen molar-refractivity contribution in [2.75, 3.05) is 11.9 Å². The first kappa shape index (κ1) is 13.8. The van der Waals surface area contributed by atoms with E-state index in [4.69, 9.17) is 0 Å². The maximum absolute atomic E-state index is 4.41. The summed E-state index contributed by atoms with van der Waals surface area (Å²) in [5.41, 5.74) is 4.48. The molecule has 0 amide bonds. The van der Waals surface area contributed by atoms with E-state index in [2.05, 4.69) is 69.5 Å². The molecule has 0 unspecified atom stereocenters. The Bertz CT molecular complexity index is 690. The topological polar surface area (TPSA) is 37.8 Å². The molecule has 0 aliphatic rings. The molecule has 2 aromatic carbocycles. The lowest BCUT2D eigenvalue weighted by atomic mass is 10.0. The van der Waals surface area contributed by atoms with Gasteiger partial charge in [-0.3, -0.25) is 0 Å². The average molecular weight is 295 g/mol. The van der Waals surface area contributed by atoms with Crippen LogP contribution < -0.4 is 5.32 Å². The van der Waals surface area contributed by atoms with E-state index in [9.17, 15) is 0 Å². The Morgan fingerprint density at radius 3 is 2.24 bits per heavy atom. The van der Waals surface area contributed by atoms with Crippen molar-refractivity contribution in [2.45, 2.75) is 13.3 Å². The Labute approximate surface area is 129 Å². The van der Waals surface area contributed by atoms with Gasteiger partial charge in [0, 0.05) is 12.1 Å². The zero-order valence-electron chi connectivity index (χ0n) is 11.9. The van der Waals surface area contributed by atoms with Gasteiger partial charge in [0.15, 0.2) is 5.82 Å². The van der Waals surface area contributed by atoms with Crippen LogP contribution in [0.3, 0.4) is 0 Å². The first-order valence-electron chi connectivity index (χ1n) is 7.11. The third-order valence-corrected chi connectivity index (χ3v) is 3.82. The van der Waals surface area contributed by atoms with Crippen molar-refractivity contribution in [1.29, 1.82) is 0 Å². The number of rotatable bonds is 5. The van der Waals surface area contributed by atoms with Crippen molar-refractivity contribution in [2.24, 2.45) is 0 Å². The number of hydrogen-bond donors (Lipinski definition) is 1. The first-order chi connectivity index (χ1) is 10.4. The highest BCUT2D eigenvalue weighted by Crippen LogP contribution is 2.28. The molecule has 0 aliphatic heterocycles. The van der Waals surface area contributed by atoms with Crippen LogP contribution in [0.2, 0.25) is 0 Å². The van der Waals surface area contributed by atoms with E-state index in [0.717, 1.165) is 30.0 Å². The van der Waals surface area contributed by atoms with E-state index in [1.165, 1.54) is 22.9 Å². The minimum Gasteiger partial charge on any atom is -0.367 e. The molecule has 21 heavy (non-hydrogen) atoms. The van der Waals surface area contributed by atoms with Crippen molar-refractivity contribution in [3.05, 3.63) is 54.6 Å². The molecule has 0 radical (unpaired) electrons. The molecule has 0 saturated heterocycles. The zero-order valence-corrected chi connectivity index (χ0v) is 12.7. The first-order valence-corrected chi connectivity index (χ1v) is 7.84. The van der Waals surface area contributed by atoms with Crippen LogP contribution in [0.15, 0.2) is 54.6 Å². The molecule has 0 aliphatic carbocycles. The fourth-order valence-electron chi connectivity index (χ4n) is 2.19. The summed E-state index contributed by atoms with van der Waals surface area (Å²) < 4.78 is 8.74. The SMILES string of the molecule is CCCNc1nsnc1-c1ccc(-c2ccccc2)cc1. The number of benzene rings is 2. The van der Waals surface area contributed by atoms with Gasteiger partial charge in [0.2, 0.25) is 0 Å². The van der Waals surface area contributed by atoms with Crippen molar-refractivity contribution < 1.29 is 0 Å². The molecule has 106 valence electrons. The van der Waals surface area contributed by atoms with E-state index in [0.29, 0.717) is 0 Å². The van der Waals surface area contributed by atoms with Crippen molar-refractivity contribution in [3.8, 4) is 22.4 Å². The molecule has 0 spiro atoms. The van der Waals surface area contributed by atoms with Gasteiger partial charge < -0.3 is 5.32 Å². The molecular weight excluding hydrogens is 278 g/mol. The predicted octanol–water partition coefficient (Wildman–Crippen LogP) is 4.69. The quantitative estimate of drug-likeness (QED) is 0.741. The minimum absolute atomic E-state index is 0.884. The molecule has 3 rings (SSSR count). The summed E-state index contributed by atoms with van der Waals surface area (Å²) in [6.07, 6.45) is 1.07. The highest BCUT2D eigenvalue weighted by molar-refractivity contribution is 6.99. The van der Waals surface area contributed by atoms with E-state index in [1.54, 1.807) is 0 Å². The van der Waals surface area contributed by atoms with Gasteiger partial charge >= 0.3 is 0 Å². The fourth-order valence-corrected chi connectivity index (χ4v) is 2.74. The van der Waals surface area contributed by atoms with Gasteiger partial charge in [0.25, 0.3) is 0 Å². The molecule has 1 N–H and O–H groups in total. The Morgan fingerprint density at radius 2 is 1.52 bits per heavy atom. The van der Waals surface area contributed by atoms with E-state index >= 15 is 0 Å². The minimum atomic E-state index is 0.884. The largest absolute Gasteiger partial charge is 0.367 e. The highest BCUT2D eigenvalue weighted by atomic mass is 32.1. The van der Waals surface area contributed by atoms with Crippen LogP contribution in [0.4, 0.5) is 5.82 Å². The van der Waals surface area contributed by atoms with Crippen LogP contribution in [0.1, 0.15) is 13.3 Å². The molecule has 4 heteroatoms. The van der Waals surface area contributed by atoms with Gasteiger partial charge in [0.05, 0.1) is 11.7 Å². The fraction of sp³-hybridized carbons (Fsp3) is 0.176. The van der Waals surface area contributed by atoms with Gasteiger partial charge in [-0.2, -0.15) is 8.75 Å². The Kier molecular flexibility index (Phi) is 4.26. The standard InChI is InChI=1S/C17H17N3S/c1-2-12-18-17-16(19-21-20-17)15-10-8-14(9-11-15)13-6-4-3-5-7-13/h3-11H,2,12H2,1H3,(H,18,20). The number of nitrogens with zero attached hydrogens (tertiary/aromatic N) is 2. The molecule has 1 aromatic heterocycles. The molecule has 3 aromatic rings. The number of hydrogen-bond acceptors (Lipinski definition) is 4. The molecule has 3 nitrogen and oxygen atoms in total. The Balaban J connectivity index is 1.86. The summed E-state index contributed by atoms with van der Waals surface area (Å²) in [5.74, 6) is 0.884. The molecule has 1 heterocycles. The van der Waals surface area contributed by atoms with Crippen LogP contribution >= 0.6 is 11.7 Å². The van der Waals surface area contributed by atoms with Crippen molar-refractivity contribution in [3.63, 3.8) is 0 Å². The second kappa shape index (κ2) is 6.50. The number of nitrogens with one attached hydrogen (secondary N) is 1. The van der Waals surface area contributed by atoms with Crippen LogP contribution in [0, 0.1) is 0 Å². The lowest BCUT2D eigenvalue weighted by Crippen LogP contribution is -2.01. The van der Waals surface area contributed by atoms with E-state index in [-0.39, 0.29) is 0 Å². The predicted molar refractivity (Wildman–Crippen MR) is 89.6 cm³/mol. The molecule has 0 fully saturated rings. The van der Waals surface area contributed by atoms with Crippen molar-refractivity contribution in [1.82, 2.24) is 8.75 Å². The monoisotopic (exact) mass is 295 g/mol. The van der Waals surface area contributed by atoms with Crippen LogP contribution in [0.5, 0.6) is 0 Å². The normalized spacial score (nSPS) is 10.5. The third kappa shape index (κ3) is 3.11. The average Bonchev–Trinajstić information content (AvgIpc) is 3.02. The van der Waals surface area contributed by atoms with E-state index in [1.807, 2.05) is 6.07 Å². The maximum Gasteiger partial charge on any atom is 0.168 e. The maximum atomic E-state index is 4.41. The summed E-state index contributed by atoms with van der Waals surface area (Å²) in [7, 11) is 0. The Hall–Kier alpha value is -2.20. The Morgan fingerprint density at radius 1 is 0.857 bits per heavy atom. The smallest absolute Gasteiger partial charge is 0.168 e. The summed E-state index contributed by atoms with van der Waals surface area (Å²) in [6, 6.07) is 18.9. The van der Waals surface area contributed by atoms with E-state index < -0.39 is 0 Å². The van der Waals surface area contributed by atoms with Gasteiger partial charge in [-0.25, -0.2) is 0 Å². The molecular formula is C17H17N3S. The lowest BCUT2D eigenvalue weighted by molar-refractivity contribution is 0.974. The zero-order chi connectivity index (χ0) is 14.5. The number of anilines is 1. The highest BCUT2D eigenvalue weighted by Gasteiger charge is 2.09. The third-order valence-electron chi connectivity index (χ3n) is 3.30. The van der Waals surface area contributed by atoms with Crippen LogP contribution in [-0.2, 0) is 0 Å². The summed E-state index contributed by atoms with van der Waals surface area (Å²) in [4.78, 5) is 0. The molecule has 0 bridgehead atoms. The van der Waals surface area contributed by atoms with Crippen molar-refractivity contribution >= 4 is 17.5 Å². The second-order valence-electron chi connectivity index (χ2n) is 4.83. The van der Waals surface area contributed by atoms with Gasteiger partial charge in [0.1, 0.15) is 5.69 Å². The van der Waals surface area contributed by atoms with Crippen LogP contribution in [-0.4, -0.2) is 15.3 Å². The summed E-state index contributed by atoms with van der Waals surface area (Å²) >= 11 is 1.25. The number of aromatic nitrogens is 2.